The van der Waals surface area contributed by atoms with Gasteiger partial charge in [-0.25, -0.2) is 15.0 Å². The molecule has 15 rings (SSSR count). The molecule has 0 radical (unpaired) electrons. The summed E-state index contributed by atoms with van der Waals surface area (Å²) in [6.45, 7) is 2.50. The van der Waals surface area contributed by atoms with Crippen molar-refractivity contribution >= 4 is 39.0 Å². The molecule has 0 N–H and O–H groups in total. The van der Waals surface area contributed by atoms with Crippen LogP contribution in [0.15, 0.2) is 150 Å². The molecule has 65 heavy (non-hydrogen) atoms. The van der Waals surface area contributed by atoms with Gasteiger partial charge in [0.25, 0.3) is 0 Å². The molecule has 6 aliphatic carbocycles. The molecule has 320 valence electrons. The average Bonchev–Trinajstić information content (AvgIpc) is 3.60. The number of benzene rings is 6. The Morgan fingerprint density at radius 1 is 0.569 bits per heavy atom. The number of rotatable bonds is 6. The lowest BCUT2D eigenvalue weighted by Crippen LogP contribution is -2.40. The third kappa shape index (κ3) is 5.02. The third-order valence-corrected chi connectivity index (χ3v) is 18.6. The monoisotopic (exact) mass is 846 g/mol. The van der Waals surface area contributed by atoms with Crippen molar-refractivity contribution in [3.05, 3.63) is 179 Å². The Bertz CT molecular complexity index is 3190. The van der Waals surface area contributed by atoms with E-state index in [2.05, 4.69) is 157 Å². The first-order valence-corrected chi connectivity index (χ1v) is 24.8. The van der Waals surface area contributed by atoms with E-state index in [4.69, 9.17) is 19.4 Å². The van der Waals surface area contributed by atoms with Crippen LogP contribution in [-0.2, 0) is 16.2 Å². The van der Waals surface area contributed by atoms with E-state index < -0.39 is 5.41 Å². The first-order chi connectivity index (χ1) is 31.9. The fourth-order valence-electron chi connectivity index (χ4n) is 16.3. The van der Waals surface area contributed by atoms with E-state index in [1.54, 1.807) is 0 Å². The average molecular weight is 847 g/mol. The zero-order chi connectivity index (χ0) is 42.7. The van der Waals surface area contributed by atoms with Crippen molar-refractivity contribution in [2.75, 3.05) is 4.90 Å². The number of hydrogen-bond acceptors (Lipinski definition) is 5. The highest BCUT2D eigenvalue weighted by Crippen LogP contribution is 2.76. The number of aromatic nitrogens is 3. The predicted octanol–water partition coefficient (Wildman–Crippen LogP) is 14.5. The molecule has 8 atom stereocenters. The van der Waals surface area contributed by atoms with Crippen LogP contribution < -0.4 is 4.90 Å². The second kappa shape index (κ2) is 13.1. The summed E-state index contributed by atoms with van der Waals surface area (Å²) in [5.41, 5.74) is 11.2. The molecule has 5 bridgehead atoms. The number of para-hydroxylation sites is 4. The number of fused-ring (bicyclic) bond motifs is 8. The van der Waals surface area contributed by atoms with E-state index in [0.717, 1.165) is 97.2 Å². The first-order valence-electron chi connectivity index (χ1n) is 24.8. The van der Waals surface area contributed by atoms with Crippen LogP contribution in [0.5, 0.6) is 0 Å². The van der Waals surface area contributed by atoms with Crippen LogP contribution >= 0.6 is 0 Å². The Morgan fingerprint density at radius 2 is 1.28 bits per heavy atom. The Kier molecular flexibility index (Phi) is 7.47. The van der Waals surface area contributed by atoms with Gasteiger partial charge in [-0.3, -0.25) is 0 Å². The van der Waals surface area contributed by atoms with Gasteiger partial charge in [0.2, 0.25) is 0 Å². The molecule has 3 heterocycles. The molecule has 1 spiro atoms. The SMILES string of the molecule is CC1CC2(c3nc(-c4ccc(N5c6ccccc6C(c6ccccc6)(c6cccc7c6oc6ccccc67)c6ccccc65)cc4)nc(C45CCC6CC(CC4C6)C5)n3)CC3CC3(C1)C2. The van der Waals surface area contributed by atoms with Gasteiger partial charge in [0.1, 0.15) is 22.8 Å². The molecule has 7 aliphatic rings. The zero-order valence-electron chi connectivity index (χ0n) is 37.2. The summed E-state index contributed by atoms with van der Waals surface area (Å²) in [7, 11) is 0. The minimum Gasteiger partial charge on any atom is -0.456 e. The minimum atomic E-state index is -0.664. The maximum Gasteiger partial charge on any atom is 0.163 e. The van der Waals surface area contributed by atoms with E-state index in [1.807, 2.05) is 0 Å². The largest absolute Gasteiger partial charge is 0.456 e. The molecule has 8 aromatic rings. The van der Waals surface area contributed by atoms with Crippen molar-refractivity contribution in [2.24, 2.45) is 35.0 Å². The van der Waals surface area contributed by atoms with Gasteiger partial charge in [0.15, 0.2) is 5.82 Å². The maximum absolute atomic E-state index is 6.90. The Balaban J connectivity index is 0.891. The van der Waals surface area contributed by atoms with Crippen molar-refractivity contribution in [1.82, 2.24) is 15.0 Å². The van der Waals surface area contributed by atoms with E-state index >= 15 is 0 Å². The summed E-state index contributed by atoms with van der Waals surface area (Å²) in [5.74, 6) is 7.21. The molecule has 6 saturated carbocycles. The predicted molar refractivity (Wildman–Crippen MR) is 259 cm³/mol. The van der Waals surface area contributed by atoms with Crippen molar-refractivity contribution in [1.29, 1.82) is 0 Å². The van der Waals surface area contributed by atoms with Crippen LogP contribution in [-0.4, -0.2) is 15.0 Å². The summed E-state index contributed by atoms with van der Waals surface area (Å²) >= 11 is 0. The van der Waals surface area contributed by atoms with Gasteiger partial charge in [-0.1, -0.05) is 110 Å². The number of anilines is 3. The van der Waals surface area contributed by atoms with Gasteiger partial charge in [0, 0.05) is 38.4 Å². The quantitative estimate of drug-likeness (QED) is 0.167. The molecule has 5 nitrogen and oxygen atoms in total. The smallest absolute Gasteiger partial charge is 0.163 e. The number of hydrogen-bond donors (Lipinski definition) is 0. The molecular weight excluding hydrogens is 793 g/mol. The van der Waals surface area contributed by atoms with E-state index in [0.29, 0.717) is 5.41 Å². The van der Waals surface area contributed by atoms with E-state index in [9.17, 15) is 0 Å². The lowest BCUT2D eigenvalue weighted by molar-refractivity contribution is 0.142. The second-order valence-corrected chi connectivity index (χ2v) is 22.1. The van der Waals surface area contributed by atoms with Crippen molar-refractivity contribution < 1.29 is 4.42 Å². The van der Waals surface area contributed by atoms with Gasteiger partial charge in [-0.15, -0.1) is 0 Å². The minimum absolute atomic E-state index is 0.0909. The van der Waals surface area contributed by atoms with Crippen molar-refractivity contribution in [3.8, 4) is 11.4 Å². The molecule has 5 heteroatoms. The highest BCUT2D eigenvalue weighted by Gasteiger charge is 2.69. The molecular formula is C60H54N4O. The summed E-state index contributed by atoms with van der Waals surface area (Å²) in [4.78, 5) is 19.5. The second-order valence-electron chi connectivity index (χ2n) is 22.1. The van der Waals surface area contributed by atoms with Crippen LogP contribution in [0.25, 0.3) is 33.3 Å². The highest BCUT2D eigenvalue weighted by molar-refractivity contribution is 6.07. The van der Waals surface area contributed by atoms with Crippen LogP contribution in [0.2, 0.25) is 0 Å². The summed E-state index contributed by atoms with van der Waals surface area (Å²) in [6.07, 6.45) is 14.6. The summed E-state index contributed by atoms with van der Waals surface area (Å²) in [6, 6.07) is 53.5. The van der Waals surface area contributed by atoms with Gasteiger partial charge in [0.05, 0.1) is 16.8 Å². The molecule has 1 aliphatic heterocycles. The molecule has 2 aromatic heterocycles. The highest BCUT2D eigenvalue weighted by atomic mass is 16.3. The van der Waals surface area contributed by atoms with Crippen LogP contribution in [0.4, 0.5) is 17.1 Å². The Labute approximate surface area is 381 Å². The summed E-state index contributed by atoms with van der Waals surface area (Å²) < 4.78 is 6.90. The van der Waals surface area contributed by atoms with Crippen molar-refractivity contribution in [3.63, 3.8) is 0 Å². The zero-order valence-corrected chi connectivity index (χ0v) is 37.2. The molecule has 0 amide bonds. The number of furan rings is 1. The first kappa shape index (κ1) is 37.2. The maximum atomic E-state index is 6.90. The lowest BCUT2D eigenvalue weighted by Gasteiger charge is -2.46. The molecule has 0 saturated heterocycles. The van der Waals surface area contributed by atoms with Crippen LogP contribution in [0, 0.1) is 35.0 Å². The van der Waals surface area contributed by atoms with E-state index in [-0.39, 0.29) is 10.8 Å². The third-order valence-electron chi connectivity index (χ3n) is 18.6. The molecule has 6 aromatic carbocycles. The fourth-order valence-corrected chi connectivity index (χ4v) is 16.3. The molecule has 6 fully saturated rings. The van der Waals surface area contributed by atoms with Gasteiger partial charge >= 0.3 is 0 Å². The standard InChI is InChI=1S/C60H54N4O/c1-37-31-57-34-43(57)35-58(32-37,36-57)55-61-54(62-56(63-55)59-27-26-38-28-39(33-59)30-42(59)29-38)40-22-24-44(25-23-40)64-50-19-8-6-16-47(50)60(41-12-3-2-4-13-41,48-17-7-9-20-51(48)64)49-18-11-15-46-45-14-5-10-21-52(45)65-53(46)49/h2-25,37-39,42-43H,26-36H2,1H3. The van der Waals surface area contributed by atoms with E-state index in [1.165, 1.54) is 87.3 Å². The lowest BCUT2D eigenvalue weighted by atomic mass is 9.62. The number of nitrogens with zero attached hydrogens (tertiary/aromatic N) is 4. The summed E-state index contributed by atoms with van der Waals surface area (Å²) in [5, 5.41) is 2.27. The van der Waals surface area contributed by atoms with Gasteiger partial charge in [-0.05, 0) is 165 Å². The van der Waals surface area contributed by atoms with Crippen LogP contribution in [0.1, 0.15) is 111 Å². The normalized spacial score (nSPS) is 30.9. The van der Waals surface area contributed by atoms with Crippen molar-refractivity contribution in [2.45, 2.75) is 93.8 Å². The van der Waals surface area contributed by atoms with Gasteiger partial charge < -0.3 is 9.32 Å². The Hall–Kier alpha value is -6.07. The topological polar surface area (TPSA) is 55.1 Å². The van der Waals surface area contributed by atoms with Crippen LogP contribution in [0.3, 0.4) is 0 Å². The molecule has 8 unspecified atom stereocenters. The Morgan fingerprint density at radius 3 is 2.11 bits per heavy atom. The van der Waals surface area contributed by atoms with Gasteiger partial charge in [-0.2, -0.15) is 0 Å². The fraction of sp³-hybridized carbons (Fsp3) is 0.350.